The quantitative estimate of drug-likeness (QED) is 0.728. The van der Waals surface area contributed by atoms with E-state index in [1.165, 1.54) is 33.2 Å². The van der Waals surface area contributed by atoms with Gasteiger partial charge in [0.2, 0.25) is 0 Å². The molecule has 24 heavy (non-hydrogen) atoms. The summed E-state index contributed by atoms with van der Waals surface area (Å²) in [6.07, 6.45) is 3.89. The Morgan fingerprint density at radius 1 is 0.750 bits per heavy atom. The van der Waals surface area contributed by atoms with Gasteiger partial charge in [0.05, 0.1) is 25.8 Å². The molecule has 2 aliphatic rings. The molecule has 120 valence electrons. The topological polar surface area (TPSA) is 36.1 Å². The van der Waals surface area contributed by atoms with Crippen LogP contribution in [0.2, 0.25) is 0 Å². The molecular formula is C19H19N5. The molecule has 5 heteroatoms. The number of rotatable bonds is 2. The molecule has 0 atom stereocenters. The van der Waals surface area contributed by atoms with Crippen LogP contribution in [0, 0.1) is 0 Å². The van der Waals surface area contributed by atoms with Crippen molar-refractivity contribution in [2.24, 2.45) is 17.0 Å². The number of aryl methyl sites for hydroxylation is 1. The van der Waals surface area contributed by atoms with Gasteiger partial charge in [-0.1, -0.05) is 0 Å². The van der Waals surface area contributed by atoms with Gasteiger partial charge in [-0.3, -0.25) is 9.98 Å². The van der Waals surface area contributed by atoms with Crippen molar-refractivity contribution in [3.8, 4) is 0 Å². The Kier molecular flexibility index (Phi) is 2.89. The summed E-state index contributed by atoms with van der Waals surface area (Å²) in [5.41, 5.74) is 4.95. The highest BCUT2D eigenvalue weighted by Gasteiger charge is 2.15. The Hall–Kier alpha value is -2.82. The first-order chi connectivity index (χ1) is 11.8. The van der Waals surface area contributed by atoms with Gasteiger partial charge in [0.25, 0.3) is 0 Å². The SMILES string of the molecule is Cn1c2ccc(N3C=NCC3)cc2c2cc(N3C=NCC3)ccc21. The summed E-state index contributed by atoms with van der Waals surface area (Å²) < 4.78 is 2.27. The van der Waals surface area contributed by atoms with Gasteiger partial charge in [-0.15, -0.1) is 0 Å². The molecule has 0 fully saturated rings. The van der Waals surface area contributed by atoms with Gasteiger partial charge in [0, 0.05) is 53.3 Å². The highest BCUT2D eigenvalue weighted by Crippen LogP contribution is 2.34. The lowest BCUT2D eigenvalue weighted by Crippen LogP contribution is -2.18. The normalized spacial score (nSPS) is 17.0. The lowest BCUT2D eigenvalue weighted by molar-refractivity contribution is 1.01. The Labute approximate surface area is 140 Å². The summed E-state index contributed by atoms with van der Waals surface area (Å²) in [4.78, 5) is 13.1. The van der Waals surface area contributed by atoms with Gasteiger partial charge in [0.1, 0.15) is 0 Å². The molecule has 1 aromatic heterocycles. The molecule has 0 aliphatic carbocycles. The molecule has 2 aromatic carbocycles. The molecule has 0 amide bonds. The van der Waals surface area contributed by atoms with E-state index in [1.807, 2.05) is 12.7 Å². The minimum atomic E-state index is 0.881. The fraction of sp³-hybridized carbons (Fsp3) is 0.263. The maximum Gasteiger partial charge on any atom is 0.0895 e. The van der Waals surface area contributed by atoms with E-state index < -0.39 is 0 Å². The Morgan fingerprint density at radius 3 is 1.67 bits per heavy atom. The van der Waals surface area contributed by atoms with Gasteiger partial charge < -0.3 is 14.4 Å². The molecule has 0 radical (unpaired) electrons. The summed E-state index contributed by atoms with van der Waals surface area (Å²) in [6, 6.07) is 13.4. The molecule has 3 aromatic rings. The van der Waals surface area contributed by atoms with Crippen molar-refractivity contribution in [1.82, 2.24) is 4.57 Å². The van der Waals surface area contributed by atoms with E-state index in [9.17, 15) is 0 Å². The number of nitrogens with zero attached hydrogens (tertiary/aromatic N) is 5. The Balaban J connectivity index is 1.71. The zero-order valence-electron chi connectivity index (χ0n) is 13.7. The number of hydrogen-bond acceptors (Lipinski definition) is 4. The van der Waals surface area contributed by atoms with Crippen LogP contribution < -0.4 is 9.80 Å². The van der Waals surface area contributed by atoms with Crippen LogP contribution >= 0.6 is 0 Å². The summed E-state index contributed by atoms with van der Waals surface area (Å²) in [5.74, 6) is 0. The predicted octanol–water partition coefficient (Wildman–Crippen LogP) is 3.03. The fourth-order valence-corrected chi connectivity index (χ4v) is 3.70. The van der Waals surface area contributed by atoms with Gasteiger partial charge in [-0.2, -0.15) is 0 Å². The molecule has 0 spiro atoms. The lowest BCUT2D eigenvalue weighted by atomic mass is 10.1. The van der Waals surface area contributed by atoms with E-state index in [0.29, 0.717) is 0 Å². The third-order valence-electron chi connectivity index (χ3n) is 5.02. The third kappa shape index (κ3) is 1.94. The maximum absolute atomic E-state index is 4.33. The summed E-state index contributed by atoms with van der Waals surface area (Å²) in [7, 11) is 2.14. The van der Waals surface area contributed by atoms with Crippen molar-refractivity contribution in [1.29, 1.82) is 0 Å². The van der Waals surface area contributed by atoms with E-state index >= 15 is 0 Å². The highest BCUT2D eigenvalue weighted by atomic mass is 15.2. The number of benzene rings is 2. The van der Waals surface area contributed by atoms with E-state index in [0.717, 1.165) is 26.2 Å². The molecule has 0 saturated heterocycles. The van der Waals surface area contributed by atoms with Crippen molar-refractivity contribution >= 4 is 45.9 Å². The average Bonchev–Trinajstić information content (AvgIpc) is 3.36. The van der Waals surface area contributed by atoms with E-state index in [-0.39, 0.29) is 0 Å². The highest BCUT2D eigenvalue weighted by molar-refractivity contribution is 6.11. The second kappa shape index (κ2) is 5.09. The van der Waals surface area contributed by atoms with Crippen LogP contribution in [0.5, 0.6) is 0 Å². The number of hydrogen-bond donors (Lipinski definition) is 0. The molecule has 0 saturated carbocycles. The molecule has 0 unspecified atom stereocenters. The van der Waals surface area contributed by atoms with Crippen molar-refractivity contribution in [2.45, 2.75) is 0 Å². The predicted molar refractivity (Wildman–Crippen MR) is 102 cm³/mol. The Morgan fingerprint density at radius 2 is 1.25 bits per heavy atom. The average molecular weight is 317 g/mol. The van der Waals surface area contributed by atoms with Crippen molar-refractivity contribution in [2.75, 3.05) is 36.0 Å². The zero-order valence-corrected chi connectivity index (χ0v) is 13.7. The van der Waals surface area contributed by atoms with Crippen LogP contribution in [0.3, 0.4) is 0 Å². The molecular weight excluding hydrogens is 298 g/mol. The van der Waals surface area contributed by atoms with E-state index in [1.54, 1.807) is 0 Å². The van der Waals surface area contributed by atoms with E-state index in [4.69, 9.17) is 0 Å². The van der Waals surface area contributed by atoms with Gasteiger partial charge in [0.15, 0.2) is 0 Å². The van der Waals surface area contributed by atoms with Crippen LogP contribution in [-0.2, 0) is 7.05 Å². The van der Waals surface area contributed by atoms with Crippen molar-refractivity contribution < 1.29 is 0 Å². The standard InChI is InChI=1S/C19H19N5/c1-22-18-4-2-14(23-8-6-20-12-23)10-16(18)17-11-15(3-5-19(17)22)24-9-7-21-13-24/h2-5,10-13H,6-9H2,1H3. The molecule has 3 heterocycles. The van der Waals surface area contributed by atoms with Crippen LogP contribution in [-0.4, -0.2) is 43.4 Å². The molecule has 5 nitrogen and oxygen atoms in total. The third-order valence-corrected chi connectivity index (χ3v) is 5.02. The first kappa shape index (κ1) is 13.6. The number of aliphatic imine (C=N–C) groups is 2. The van der Waals surface area contributed by atoms with Crippen LogP contribution in [0.25, 0.3) is 21.8 Å². The van der Waals surface area contributed by atoms with Crippen LogP contribution in [0.15, 0.2) is 46.4 Å². The summed E-state index contributed by atoms with van der Waals surface area (Å²) in [6.45, 7) is 3.69. The minimum absolute atomic E-state index is 0.881. The second-order valence-corrected chi connectivity index (χ2v) is 6.39. The summed E-state index contributed by atoms with van der Waals surface area (Å²) in [5, 5.41) is 2.59. The molecule has 5 rings (SSSR count). The lowest BCUT2D eigenvalue weighted by Gasteiger charge is -2.14. The Bertz CT molecular complexity index is 919. The molecule has 0 N–H and O–H groups in total. The second-order valence-electron chi connectivity index (χ2n) is 6.39. The first-order valence-corrected chi connectivity index (χ1v) is 8.37. The van der Waals surface area contributed by atoms with Gasteiger partial charge in [-0.25, -0.2) is 0 Å². The van der Waals surface area contributed by atoms with E-state index in [2.05, 4.69) is 67.8 Å². The smallest absolute Gasteiger partial charge is 0.0895 e. The van der Waals surface area contributed by atoms with Crippen molar-refractivity contribution in [3.05, 3.63) is 36.4 Å². The first-order valence-electron chi connectivity index (χ1n) is 8.37. The zero-order chi connectivity index (χ0) is 16.1. The molecule has 0 bridgehead atoms. The summed E-state index contributed by atoms with van der Waals surface area (Å²) >= 11 is 0. The van der Waals surface area contributed by atoms with Crippen LogP contribution in [0.4, 0.5) is 11.4 Å². The number of aromatic nitrogens is 1. The minimum Gasteiger partial charge on any atom is -0.344 e. The van der Waals surface area contributed by atoms with Crippen molar-refractivity contribution in [3.63, 3.8) is 0 Å². The van der Waals surface area contributed by atoms with Crippen LogP contribution in [0.1, 0.15) is 0 Å². The van der Waals surface area contributed by atoms with Gasteiger partial charge >= 0.3 is 0 Å². The fourth-order valence-electron chi connectivity index (χ4n) is 3.70. The maximum atomic E-state index is 4.33. The number of anilines is 2. The monoisotopic (exact) mass is 317 g/mol. The largest absolute Gasteiger partial charge is 0.344 e. The number of fused-ring (bicyclic) bond motifs is 3. The molecule has 2 aliphatic heterocycles. The van der Waals surface area contributed by atoms with Gasteiger partial charge in [-0.05, 0) is 36.4 Å².